The quantitative estimate of drug-likeness (QED) is 0.824. The van der Waals surface area contributed by atoms with Crippen molar-refractivity contribution in [1.29, 1.82) is 0 Å². The molecule has 0 spiro atoms. The van der Waals surface area contributed by atoms with Crippen molar-refractivity contribution in [3.63, 3.8) is 0 Å². The van der Waals surface area contributed by atoms with E-state index in [4.69, 9.17) is 11.6 Å². The van der Waals surface area contributed by atoms with Crippen molar-refractivity contribution in [3.8, 4) is 10.6 Å². The van der Waals surface area contributed by atoms with Crippen LogP contribution in [0.2, 0.25) is 5.02 Å². The Morgan fingerprint density at radius 2 is 1.96 bits per heavy atom. The average Bonchev–Trinajstić information content (AvgIpc) is 2.95. The standard InChI is InChI=1S/C17H21ClN2O2S2/c1-12-16(11-19-24(21,22)13-7-3-2-4-8-13)23-17(20-12)14-9-5-6-10-15(14)18/h5-6,9-10,13,19H,2-4,7-8,11H2,1H3. The molecule has 1 aromatic carbocycles. The van der Waals surface area contributed by atoms with E-state index in [1.54, 1.807) is 0 Å². The van der Waals surface area contributed by atoms with Crippen LogP contribution in [0, 0.1) is 6.92 Å². The minimum Gasteiger partial charge on any atom is -0.241 e. The molecule has 1 fully saturated rings. The summed E-state index contributed by atoms with van der Waals surface area (Å²) in [6, 6.07) is 7.56. The number of aromatic nitrogens is 1. The van der Waals surface area contributed by atoms with E-state index in [0.717, 1.165) is 53.2 Å². The number of hydrogen-bond acceptors (Lipinski definition) is 4. The molecule has 1 N–H and O–H groups in total. The van der Waals surface area contributed by atoms with Crippen LogP contribution >= 0.6 is 22.9 Å². The third kappa shape index (κ3) is 3.99. The number of aryl methyl sites for hydroxylation is 1. The Bertz CT molecular complexity index is 812. The smallest absolute Gasteiger partial charge is 0.214 e. The number of rotatable bonds is 5. The van der Waals surface area contributed by atoms with Crippen molar-refractivity contribution in [1.82, 2.24) is 9.71 Å². The van der Waals surface area contributed by atoms with Gasteiger partial charge in [-0.2, -0.15) is 0 Å². The van der Waals surface area contributed by atoms with Crippen molar-refractivity contribution in [2.24, 2.45) is 0 Å². The molecule has 0 bridgehead atoms. The summed E-state index contributed by atoms with van der Waals surface area (Å²) in [4.78, 5) is 5.49. The molecular weight excluding hydrogens is 364 g/mol. The molecule has 2 aromatic rings. The zero-order valence-electron chi connectivity index (χ0n) is 13.6. The van der Waals surface area contributed by atoms with Gasteiger partial charge in [-0.15, -0.1) is 11.3 Å². The summed E-state index contributed by atoms with van der Waals surface area (Å²) in [5, 5.41) is 1.23. The van der Waals surface area contributed by atoms with Crippen LogP contribution in [0.15, 0.2) is 24.3 Å². The maximum atomic E-state index is 12.5. The highest BCUT2D eigenvalue weighted by Crippen LogP contribution is 2.33. The number of halogens is 1. The van der Waals surface area contributed by atoms with Crippen molar-refractivity contribution in [2.75, 3.05) is 0 Å². The summed E-state index contributed by atoms with van der Waals surface area (Å²) in [5.41, 5.74) is 1.73. The monoisotopic (exact) mass is 384 g/mol. The lowest BCUT2D eigenvalue weighted by atomic mass is 10.0. The summed E-state index contributed by atoms with van der Waals surface area (Å²) in [7, 11) is -3.26. The van der Waals surface area contributed by atoms with Gasteiger partial charge in [-0.05, 0) is 25.8 Å². The van der Waals surface area contributed by atoms with Gasteiger partial charge in [-0.3, -0.25) is 0 Å². The first-order valence-corrected chi connectivity index (χ1v) is 10.9. The second-order valence-corrected chi connectivity index (χ2v) is 9.67. The van der Waals surface area contributed by atoms with Crippen molar-refractivity contribution in [3.05, 3.63) is 39.9 Å². The maximum absolute atomic E-state index is 12.5. The van der Waals surface area contributed by atoms with Gasteiger partial charge in [0.1, 0.15) is 5.01 Å². The summed E-state index contributed by atoms with van der Waals surface area (Å²) >= 11 is 7.72. The van der Waals surface area contributed by atoms with Gasteiger partial charge < -0.3 is 0 Å². The van der Waals surface area contributed by atoms with Crippen LogP contribution in [0.4, 0.5) is 0 Å². The zero-order chi connectivity index (χ0) is 17.2. The van der Waals surface area contributed by atoms with E-state index in [1.807, 2.05) is 31.2 Å². The van der Waals surface area contributed by atoms with Gasteiger partial charge in [0.15, 0.2) is 0 Å². The highest BCUT2D eigenvalue weighted by atomic mass is 35.5. The normalized spacial score (nSPS) is 16.4. The van der Waals surface area contributed by atoms with E-state index >= 15 is 0 Å². The van der Waals surface area contributed by atoms with Crippen LogP contribution in [0.25, 0.3) is 10.6 Å². The molecule has 24 heavy (non-hydrogen) atoms. The van der Waals surface area contributed by atoms with Crippen LogP contribution < -0.4 is 4.72 Å². The van der Waals surface area contributed by atoms with E-state index in [-0.39, 0.29) is 5.25 Å². The Kier molecular flexibility index (Phi) is 5.59. The van der Waals surface area contributed by atoms with Gasteiger partial charge >= 0.3 is 0 Å². The number of sulfonamides is 1. The van der Waals surface area contributed by atoms with Gasteiger partial charge in [-0.1, -0.05) is 49.1 Å². The molecule has 0 atom stereocenters. The molecule has 0 unspecified atom stereocenters. The minimum absolute atomic E-state index is 0.248. The van der Waals surface area contributed by atoms with Gasteiger partial charge in [0, 0.05) is 17.0 Å². The van der Waals surface area contributed by atoms with E-state index in [2.05, 4.69) is 9.71 Å². The Balaban J connectivity index is 1.73. The largest absolute Gasteiger partial charge is 0.241 e. The number of nitrogens with one attached hydrogen (secondary N) is 1. The Morgan fingerprint density at radius 3 is 2.67 bits per heavy atom. The van der Waals surface area contributed by atoms with Crippen molar-refractivity contribution in [2.45, 2.75) is 50.8 Å². The molecule has 1 aliphatic rings. The first kappa shape index (κ1) is 17.9. The van der Waals surface area contributed by atoms with Crippen LogP contribution in [-0.4, -0.2) is 18.7 Å². The Hall–Kier alpha value is -0.950. The molecule has 0 amide bonds. The molecular formula is C17H21ClN2O2S2. The molecule has 7 heteroatoms. The number of thiazole rings is 1. The second-order valence-electron chi connectivity index (χ2n) is 6.13. The van der Waals surface area contributed by atoms with Crippen LogP contribution in [0.1, 0.15) is 42.7 Å². The van der Waals surface area contributed by atoms with Gasteiger partial charge in [0.05, 0.1) is 16.0 Å². The third-order valence-corrected chi connectivity index (χ3v) is 7.84. The third-order valence-electron chi connectivity index (χ3n) is 4.42. The maximum Gasteiger partial charge on any atom is 0.214 e. The summed E-state index contributed by atoms with van der Waals surface area (Å²) in [6.07, 6.45) is 4.68. The number of hydrogen-bond donors (Lipinski definition) is 1. The lowest BCUT2D eigenvalue weighted by Gasteiger charge is -2.21. The van der Waals surface area contributed by atoms with E-state index in [0.29, 0.717) is 11.6 Å². The highest BCUT2D eigenvalue weighted by molar-refractivity contribution is 7.90. The van der Waals surface area contributed by atoms with Crippen molar-refractivity contribution >= 4 is 33.0 Å². The summed E-state index contributed by atoms with van der Waals surface area (Å²) in [5.74, 6) is 0. The fourth-order valence-electron chi connectivity index (χ4n) is 3.00. The Labute approximate surface area is 152 Å². The number of nitrogens with zero attached hydrogens (tertiary/aromatic N) is 1. The van der Waals surface area contributed by atoms with Crippen LogP contribution in [0.3, 0.4) is 0 Å². The lowest BCUT2D eigenvalue weighted by molar-refractivity contribution is 0.477. The van der Waals surface area contributed by atoms with Crippen molar-refractivity contribution < 1.29 is 8.42 Å². The molecule has 1 saturated carbocycles. The van der Waals surface area contributed by atoms with E-state index in [1.165, 1.54) is 11.3 Å². The molecule has 130 valence electrons. The molecule has 0 radical (unpaired) electrons. The molecule has 1 heterocycles. The average molecular weight is 385 g/mol. The summed E-state index contributed by atoms with van der Waals surface area (Å²) < 4.78 is 27.7. The lowest BCUT2D eigenvalue weighted by Crippen LogP contribution is -2.35. The Morgan fingerprint density at radius 1 is 1.25 bits per heavy atom. The van der Waals surface area contributed by atoms with Gasteiger partial charge in [0.25, 0.3) is 0 Å². The first-order chi connectivity index (χ1) is 11.5. The molecule has 1 aromatic heterocycles. The fourth-order valence-corrected chi connectivity index (χ4v) is 5.95. The molecule has 4 nitrogen and oxygen atoms in total. The predicted octanol–water partition coefficient (Wildman–Crippen LogP) is 4.52. The molecule has 0 aliphatic heterocycles. The molecule has 0 saturated heterocycles. The van der Waals surface area contributed by atoms with Crippen LogP contribution in [-0.2, 0) is 16.6 Å². The van der Waals surface area contributed by atoms with Gasteiger partial charge in [0.2, 0.25) is 10.0 Å². The molecule has 1 aliphatic carbocycles. The van der Waals surface area contributed by atoms with Gasteiger partial charge in [-0.25, -0.2) is 18.1 Å². The zero-order valence-corrected chi connectivity index (χ0v) is 16.0. The second kappa shape index (κ2) is 7.52. The predicted molar refractivity (Wildman–Crippen MR) is 99.9 cm³/mol. The minimum atomic E-state index is -3.26. The summed E-state index contributed by atoms with van der Waals surface area (Å²) in [6.45, 7) is 2.20. The van der Waals surface area contributed by atoms with Crippen LogP contribution in [0.5, 0.6) is 0 Å². The topological polar surface area (TPSA) is 59.1 Å². The first-order valence-electron chi connectivity index (χ1n) is 8.17. The SMILES string of the molecule is Cc1nc(-c2ccccc2Cl)sc1CNS(=O)(=O)C1CCCCC1. The highest BCUT2D eigenvalue weighted by Gasteiger charge is 2.27. The fraction of sp³-hybridized carbons (Fsp3) is 0.471. The number of benzene rings is 1. The molecule has 3 rings (SSSR count). The van der Waals surface area contributed by atoms with E-state index < -0.39 is 10.0 Å². The van der Waals surface area contributed by atoms with E-state index in [9.17, 15) is 8.42 Å².